The first-order valence-electron chi connectivity index (χ1n) is 3.81. The van der Waals surface area contributed by atoms with Crippen LogP contribution in [-0.2, 0) is 0 Å². The number of rotatable bonds is 2. The van der Waals surface area contributed by atoms with E-state index in [-0.39, 0.29) is 41.2 Å². The smallest absolute Gasteiger partial charge is 0.869 e. The van der Waals surface area contributed by atoms with E-state index in [4.69, 9.17) is 0 Å². The summed E-state index contributed by atoms with van der Waals surface area (Å²) in [5, 5.41) is 10.4. The summed E-state index contributed by atoms with van der Waals surface area (Å²) in [6.45, 7) is 0. The molecule has 0 aromatic carbocycles. The van der Waals surface area contributed by atoms with Crippen molar-refractivity contribution >= 4 is 5.78 Å². The van der Waals surface area contributed by atoms with Crippen LogP contribution in [-0.4, -0.2) is 16.9 Å². The first-order valence-corrected chi connectivity index (χ1v) is 3.81. The molecule has 0 spiro atoms. The number of halogens is 3. The molecule has 0 aliphatic carbocycles. The molecule has 0 fully saturated rings. The van der Waals surface area contributed by atoms with E-state index in [0.717, 1.165) is 6.20 Å². The van der Waals surface area contributed by atoms with Gasteiger partial charge in [0.1, 0.15) is 0 Å². The van der Waals surface area contributed by atoms with Crippen molar-refractivity contribution in [2.45, 2.75) is 6.18 Å². The van der Waals surface area contributed by atoms with Gasteiger partial charge in [0.05, 0.1) is 0 Å². The molecule has 1 rings (SSSR count). The average molecular weight is 239 g/mol. The van der Waals surface area contributed by atoms with E-state index in [9.17, 15) is 23.1 Å². The number of carbonyl (C=O) groups excluding carboxylic acids is 1. The second-order valence-corrected chi connectivity index (χ2v) is 2.61. The van der Waals surface area contributed by atoms with Crippen molar-refractivity contribution in [3.05, 3.63) is 41.9 Å². The zero-order chi connectivity index (χ0) is 11.5. The van der Waals surface area contributed by atoms with E-state index in [1.165, 1.54) is 18.3 Å². The van der Waals surface area contributed by atoms with Gasteiger partial charge in [0, 0.05) is 18.0 Å². The molecule has 0 amide bonds. The fourth-order valence-electron chi connectivity index (χ4n) is 0.793. The average Bonchev–Trinajstić information content (AvgIpc) is 2.17. The first kappa shape index (κ1) is 15.2. The first-order chi connectivity index (χ1) is 6.91. The standard InChI is InChI=1S/C9H6F3NO2.Na/c10-9(11,12)8(15)4-7(14)6-2-1-3-13-5-6;/h1-5,15H;/q;+1/p-1/b8-4-;. The molecule has 0 N–H and O–H groups in total. The number of ketones is 1. The van der Waals surface area contributed by atoms with Gasteiger partial charge in [-0.05, 0) is 24.0 Å². The van der Waals surface area contributed by atoms with Crippen molar-refractivity contribution < 1.29 is 52.6 Å². The van der Waals surface area contributed by atoms with Gasteiger partial charge in [-0.15, -0.1) is 0 Å². The number of nitrogens with zero attached hydrogens (tertiary/aromatic N) is 1. The topological polar surface area (TPSA) is 53.0 Å². The molecule has 7 heteroatoms. The maximum atomic E-state index is 11.8. The van der Waals surface area contributed by atoms with Crippen LogP contribution in [0.5, 0.6) is 0 Å². The van der Waals surface area contributed by atoms with E-state index in [0.29, 0.717) is 0 Å². The molecule has 1 heterocycles. The molecule has 80 valence electrons. The van der Waals surface area contributed by atoms with Crippen LogP contribution >= 0.6 is 0 Å². The molecule has 0 radical (unpaired) electrons. The normalized spacial score (nSPS) is 11.8. The van der Waals surface area contributed by atoms with Crippen molar-refractivity contribution in [3.8, 4) is 0 Å². The van der Waals surface area contributed by atoms with Crippen LogP contribution in [0.1, 0.15) is 10.4 Å². The van der Waals surface area contributed by atoms with Gasteiger partial charge in [-0.2, -0.15) is 13.2 Å². The second-order valence-electron chi connectivity index (χ2n) is 2.61. The number of carbonyl (C=O) groups is 1. The summed E-state index contributed by atoms with van der Waals surface area (Å²) in [4.78, 5) is 14.6. The Hall–Kier alpha value is -0.850. The molecule has 1 aromatic rings. The number of hydrogen-bond donors (Lipinski definition) is 0. The van der Waals surface area contributed by atoms with Crippen LogP contribution in [0.15, 0.2) is 36.4 Å². The predicted molar refractivity (Wildman–Crippen MR) is 42.7 cm³/mol. The van der Waals surface area contributed by atoms with E-state index >= 15 is 0 Å². The van der Waals surface area contributed by atoms with Gasteiger partial charge < -0.3 is 5.11 Å². The summed E-state index contributed by atoms with van der Waals surface area (Å²) in [7, 11) is 0. The number of aromatic nitrogens is 1. The Kier molecular flexibility index (Phi) is 5.71. The summed E-state index contributed by atoms with van der Waals surface area (Å²) >= 11 is 0. The molecular weight excluding hydrogens is 234 g/mol. The quantitative estimate of drug-likeness (QED) is 0.261. The maximum absolute atomic E-state index is 11.8. The SMILES string of the molecule is O=C(/C=C(\[O-])C(F)(F)F)c1cccnc1.[Na+]. The number of alkyl halides is 3. The van der Waals surface area contributed by atoms with Crippen LogP contribution in [0.3, 0.4) is 0 Å². The van der Waals surface area contributed by atoms with Crippen LogP contribution in [0, 0.1) is 0 Å². The van der Waals surface area contributed by atoms with Crippen LogP contribution < -0.4 is 34.7 Å². The second kappa shape index (κ2) is 6.03. The Morgan fingerprint density at radius 2 is 2.06 bits per heavy atom. The Labute approximate surface area is 111 Å². The van der Waals surface area contributed by atoms with E-state index in [2.05, 4.69) is 4.98 Å². The van der Waals surface area contributed by atoms with E-state index in [1.807, 2.05) is 0 Å². The summed E-state index contributed by atoms with van der Waals surface area (Å²) in [5.41, 5.74) is -0.0601. The van der Waals surface area contributed by atoms with E-state index < -0.39 is 17.7 Å². The van der Waals surface area contributed by atoms with Gasteiger partial charge in [0.25, 0.3) is 0 Å². The van der Waals surface area contributed by atoms with Crippen molar-refractivity contribution in [1.82, 2.24) is 4.98 Å². The molecular formula is C9H5F3NNaO2. The third kappa shape index (κ3) is 4.34. The summed E-state index contributed by atoms with van der Waals surface area (Å²) in [6, 6.07) is 2.66. The predicted octanol–water partition coefficient (Wildman–Crippen LogP) is -1.93. The fourth-order valence-corrected chi connectivity index (χ4v) is 0.793. The van der Waals surface area contributed by atoms with Crippen LogP contribution in [0.4, 0.5) is 13.2 Å². The van der Waals surface area contributed by atoms with Crippen molar-refractivity contribution in [2.24, 2.45) is 0 Å². The van der Waals surface area contributed by atoms with Gasteiger partial charge in [-0.1, -0.05) is 0 Å². The Morgan fingerprint density at radius 1 is 1.44 bits per heavy atom. The van der Waals surface area contributed by atoms with Gasteiger partial charge >= 0.3 is 35.7 Å². The fraction of sp³-hybridized carbons (Fsp3) is 0.111. The molecule has 0 bridgehead atoms. The Balaban J connectivity index is 0.00000225. The number of hydrogen-bond acceptors (Lipinski definition) is 3. The maximum Gasteiger partial charge on any atom is 1.00 e. The van der Waals surface area contributed by atoms with Crippen LogP contribution in [0.2, 0.25) is 0 Å². The third-order valence-corrected chi connectivity index (χ3v) is 1.49. The van der Waals surface area contributed by atoms with Gasteiger partial charge in [0.2, 0.25) is 0 Å². The Bertz CT molecular complexity index is 389. The largest absolute Gasteiger partial charge is 1.00 e. The molecule has 16 heavy (non-hydrogen) atoms. The Morgan fingerprint density at radius 3 is 2.50 bits per heavy atom. The third-order valence-electron chi connectivity index (χ3n) is 1.49. The summed E-state index contributed by atoms with van der Waals surface area (Å²) < 4.78 is 35.3. The minimum absolute atomic E-state index is 0. The molecule has 0 aliphatic heterocycles. The molecule has 1 aromatic heterocycles. The van der Waals surface area contributed by atoms with Gasteiger partial charge in [-0.25, -0.2) is 0 Å². The van der Waals surface area contributed by atoms with Gasteiger partial charge in [0.15, 0.2) is 5.78 Å². The summed E-state index contributed by atoms with van der Waals surface area (Å²) in [5.74, 6) is -3.18. The molecule has 3 nitrogen and oxygen atoms in total. The van der Waals surface area contributed by atoms with Gasteiger partial charge in [-0.3, -0.25) is 9.78 Å². The number of pyridine rings is 1. The van der Waals surface area contributed by atoms with Crippen molar-refractivity contribution in [1.29, 1.82) is 0 Å². The minimum atomic E-state index is -5.02. The zero-order valence-corrected chi connectivity index (χ0v) is 10.3. The minimum Gasteiger partial charge on any atom is -0.869 e. The molecule has 0 saturated carbocycles. The molecule has 0 saturated heterocycles. The van der Waals surface area contributed by atoms with E-state index in [1.54, 1.807) is 0 Å². The zero-order valence-electron chi connectivity index (χ0n) is 8.28. The van der Waals surface area contributed by atoms with Crippen molar-refractivity contribution in [3.63, 3.8) is 0 Å². The monoisotopic (exact) mass is 239 g/mol. The van der Waals surface area contributed by atoms with Crippen LogP contribution in [0.25, 0.3) is 0 Å². The number of allylic oxidation sites excluding steroid dienone is 2. The molecule has 0 atom stereocenters. The van der Waals surface area contributed by atoms with Crippen molar-refractivity contribution in [2.75, 3.05) is 0 Å². The summed E-state index contributed by atoms with van der Waals surface area (Å²) in [6.07, 6.45) is -2.56. The molecule has 0 unspecified atom stereocenters. The molecule has 0 aliphatic rings.